The lowest BCUT2D eigenvalue weighted by Gasteiger charge is -2.24. The van der Waals surface area contributed by atoms with Gasteiger partial charge in [-0.3, -0.25) is 20.1 Å². The molecule has 0 aromatic heterocycles. The van der Waals surface area contributed by atoms with Gasteiger partial charge in [0.1, 0.15) is 11.4 Å². The number of carbonyl (C=O) groups is 1. The Morgan fingerprint density at radius 3 is 2.54 bits per heavy atom. The summed E-state index contributed by atoms with van der Waals surface area (Å²) in [4.78, 5) is 24.1. The summed E-state index contributed by atoms with van der Waals surface area (Å²) in [6.07, 6.45) is 7.97. The molecule has 0 bridgehead atoms. The second-order valence-electron chi connectivity index (χ2n) is 8.16. The number of aliphatic imine (C=N–C) groups is 2. The first-order chi connectivity index (χ1) is 17.8. The summed E-state index contributed by atoms with van der Waals surface area (Å²) < 4.78 is 5.68. The van der Waals surface area contributed by atoms with Gasteiger partial charge in [0.25, 0.3) is 5.91 Å². The Morgan fingerprint density at radius 2 is 1.97 bits per heavy atom. The monoisotopic (exact) mass is 542 g/mol. The maximum atomic E-state index is 12.4. The van der Waals surface area contributed by atoms with Gasteiger partial charge in [-0.05, 0) is 69.4 Å². The number of nitrogens with one attached hydrogen (secondary N) is 1. The molecule has 0 aliphatic carbocycles. The van der Waals surface area contributed by atoms with Crippen LogP contribution < -0.4 is 10.1 Å². The highest BCUT2D eigenvalue weighted by atomic mass is 32.2. The molecule has 0 atom stereocenters. The number of hydrogen-bond donors (Lipinski definition) is 1. The molecule has 0 spiro atoms. The van der Waals surface area contributed by atoms with E-state index in [0.717, 1.165) is 65.4 Å². The lowest BCUT2D eigenvalue weighted by atomic mass is 10.00. The van der Waals surface area contributed by atoms with E-state index in [1.165, 1.54) is 11.8 Å². The van der Waals surface area contributed by atoms with Crippen molar-refractivity contribution in [2.24, 2.45) is 9.98 Å². The number of rotatable bonds is 15. The van der Waals surface area contributed by atoms with Crippen LogP contribution in [-0.2, 0) is 4.79 Å². The molecule has 6 nitrogen and oxygen atoms in total. The summed E-state index contributed by atoms with van der Waals surface area (Å²) in [5.41, 5.74) is 4.52. The van der Waals surface area contributed by atoms with E-state index >= 15 is 0 Å². The fraction of sp³-hybridized carbons (Fsp3) is 0.414. The van der Waals surface area contributed by atoms with Crippen molar-refractivity contribution in [2.75, 3.05) is 32.3 Å². The maximum absolute atomic E-state index is 12.4. The Morgan fingerprint density at radius 1 is 1.24 bits per heavy atom. The van der Waals surface area contributed by atoms with E-state index < -0.39 is 0 Å². The van der Waals surface area contributed by atoms with Gasteiger partial charge in [-0.15, -0.1) is 11.8 Å². The smallest absolute Gasteiger partial charge is 0.275 e. The highest BCUT2D eigenvalue weighted by molar-refractivity contribution is 8.24. The second kappa shape index (κ2) is 17.7. The van der Waals surface area contributed by atoms with Crippen molar-refractivity contribution in [2.45, 2.75) is 51.9 Å². The van der Waals surface area contributed by atoms with E-state index in [1.807, 2.05) is 6.08 Å². The van der Waals surface area contributed by atoms with Crippen molar-refractivity contribution in [3.8, 4) is 5.75 Å². The molecule has 0 fully saturated rings. The number of nitrogens with zero attached hydrogens (tertiary/aromatic N) is 3. The summed E-state index contributed by atoms with van der Waals surface area (Å²) in [6, 6.07) is 4.22. The number of methoxy groups -OCH3 is 1. The van der Waals surface area contributed by atoms with Crippen LogP contribution in [0.3, 0.4) is 0 Å². The van der Waals surface area contributed by atoms with E-state index in [4.69, 9.17) is 4.74 Å². The van der Waals surface area contributed by atoms with Gasteiger partial charge >= 0.3 is 0 Å². The van der Waals surface area contributed by atoms with E-state index in [-0.39, 0.29) is 5.91 Å². The zero-order chi connectivity index (χ0) is 27.8. The van der Waals surface area contributed by atoms with Crippen molar-refractivity contribution < 1.29 is 9.53 Å². The van der Waals surface area contributed by atoms with Gasteiger partial charge in [-0.1, -0.05) is 44.5 Å². The molecule has 0 aliphatic heterocycles. The Labute approximate surface area is 232 Å². The Hall–Kier alpha value is -2.71. The van der Waals surface area contributed by atoms with Crippen molar-refractivity contribution >= 4 is 46.4 Å². The number of aryl methyl sites for hydroxylation is 1. The van der Waals surface area contributed by atoms with Crippen LogP contribution in [0.15, 0.2) is 70.3 Å². The summed E-state index contributed by atoms with van der Waals surface area (Å²) in [6.45, 7) is 22.0. The van der Waals surface area contributed by atoms with E-state index in [9.17, 15) is 4.79 Å². The van der Waals surface area contributed by atoms with Gasteiger partial charge in [0, 0.05) is 42.5 Å². The van der Waals surface area contributed by atoms with Crippen molar-refractivity contribution in [3.05, 3.63) is 66.5 Å². The van der Waals surface area contributed by atoms with E-state index in [1.54, 1.807) is 52.1 Å². The average Bonchev–Trinajstić information content (AvgIpc) is 2.90. The minimum atomic E-state index is -0.271. The van der Waals surface area contributed by atoms with Crippen LogP contribution in [0.4, 0.5) is 0 Å². The molecule has 8 heteroatoms. The van der Waals surface area contributed by atoms with Gasteiger partial charge in [-0.25, -0.2) is 0 Å². The Kier molecular flexibility index (Phi) is 15.5. The molecule has 0 saturated heterocycles. The molecule has 1 aromatic rings. The predicted octanol–water partition coefficient (Wildman–Crippen LogP) is 7.09. The Bertz CT molecular complexity index is 1040. The van der Waals surface area contributed by atoms with Crippen LogP contribution in [0.2, 0.25) is 0 Å². The minimum absolute atomic E-state index is 0.271. The fourth-order valence-electron chi connectivity index (χ4n) is 3.55. The molecule has 0 heterocycles. The van der Waals surface area contributed by atoms with Crippen LogP contribution in [-0.4, -0.2) is 54.5 Å². The zero-order valence-electron chi connectivity index (χ0n) is 23.2. The highest BCUT2D eigenvalue weighted by Crippen LogP contribution is 2.36. The highest BCUT2D eigenvalue weighted by Gasteiger charge is 2.14. The zero-order valence-corrected chi connectivity index (χ0v) is 24.9. The quantitative estimate of drug-likeness (QED) is 0.0640. The minimum Gasteiger partial charge on any atom is -0.496 e. The second-order valence-corrected chi connectivity index (χ2v) is 10.5. The van der Waals surface area contributed by atoms with Gasteiger partial charge in [0.05, 0.1) is 12.2 Å². The molecule has 0 aliphatic rings. The number of allylic oxidation sites excluding steroid dienone is 3. The number of thioether (sulfide) groups is 2. The number of carbonyl (C=O) groups excluding carboxylic acids is 1. The number of amides is 1. The lowest BCUT2D eigenvalue weighted by molar-refractivity contribution is -0.116. The first-order valence-electron chi connectivity index (χ1n) is 12.4. The van der Waals surface area contributed by atoms with E-state index in [0.29, 0.717) is 15.9 Å². The molecule has 37 heavy (non-hydrogen) atoms. The predicted molar refractivity (Wildman–Crippen MR) is 165 cm³/mol. The molecule has 0 saturated carbocycles. The van der Waals surface area contributed by atoms with Crippen LogP contribution in [0, 0.1) is 6.92 Å². The standard InChI is InChI=1S/C29H42N4O2S2/c1-10-16-33(23(7)11-2)17-14-15-21(5)24-19-27(22(6)18-26(24)35-9)36-20-37-29(30-8)32-28(34)25(12-3)31-13-4/h11-13,18-19H,2,5,7,10,14-17,20H2,1,3-4,6,8-9H3,(H,30,32,34)/b25-12-,31-13?. The number of benzene rings is 1. The molecular formula is C29H42N4O2S2. The summed E-state index contributed by atoms with van der Waals surface area (Å²) in [5, 5.41) is 4.07. The third-order valence-corrected chi connectivity index (χ3v) is 7.78. The Balaban J connectivity index is 2.86. The molecule has 1 N–H and O–H groups in total. The summed E-state index contributed by atoms with van der Waals surface area (Å²) in [7, 11) is 3.36. The molecule has 1 aromatic carbocycles. The normalized spacial score (nSPS) is 11.9. The summed E-state index contributed by atoms with van der Waals surface area (Å²) >= 11 is 3.17. The van der Waals surface area contributed by atoms with Gasteiger partial charge in [-0.2, -0.15) is 0 Å². The van der Waals surface area contributed by atoms with Gasteiger partial charge < -0.3 is 9.64 Å². The molecule has 0 radical (unpaired) electrons. The SMILES string of the molecule is C=CC(=C)N(CCC)CCCC(=C)c1cc(SCSC(=NC)NC(=O)/C(=C/C)N=CC)c(C)cc1OC. The van der Waals surface area contributed by atoms with Crippen molar-refractivity contribution in [1.82, 2.24) is 10.2 Å². The van der Waals surface area contributed by atoms with Crippen molar-refractivity contribution in [1.29, 1.82) is 0 Å². The van der Waals surface area contributed by atoms with E-state index in [2.05, 4.69) is 65.9 Å². The molecular weight excluding hydrogens is 500 g/mol. The first-order valence-corrected chi connectivity index (χ1v) is 14.3. The van der Waals surface area contributed by atoms with Crippen LogP contribution in [0.25, 0.3) is 5.57 Å². The van der Waals surface area contributed by atoms with Gasteiger partial charge in [0.2, 0.25) is 0 Å². The third kappa shape index (κ3) is 10.7. The molecule has 202 valence electrons. The average molecular weight is 543 g/mol. The van der Waals surface area contributed by atoms with Crippen molar-refractivity contribution in [3.63, 3.8) is 0 Å². The third-order valence-electron chi connectivity index (χ3n) is 5.53. The fourth-order valence-corrected chi connectivity index (χ4v) is 5.52. The van der Waals surface area contributed by atoms with Crippen LogP contribution >= 0.6 is 23.5 Å². The largest absolute Gasteiger partial charge is 0.496 e. The molecule has 1 amide bonds. The van der Waals surface area contributed by atoms with Crippen LogP contribution in [0.1, 0.15) is 51.2 Å². The maximum Gasteiger partial charge on any atom is 0.275 e. The lowest BCUT2D eigenvalue weighted by Crippen LogP contribution is -2.29. The number of hydrogen-bond acceptors (Lipinski definition) is 7. The van der Waals surface area contributed by atoms with Gasteiger partial charge in [0.15, 0.2) is 5.17 Å². The first kappa shape index (κ1) is 32.3. The molecule has 0 unspecified atom stereocenters. The van der Waals surface area contributed by atoms with Crippen LogP contribution in [0.5, 0.6) is 5.75 Å². The summed E-state index contributed by atoms with van der Waals surface area (Å²) in [5.74, 6) is 0.561. The number of ether oxygens (including phenoxy) is 1. The molecule has 1 rings (SSSR count). The topological polar surface area (TPSA) is 66.3 Å². The number of amidine groups is 1.